The van der Waals surface area contributed by atoms with E-state index < -0.39 is 22.2 Å². The summed E-state index contributed by atoms with van der Waals surface area (Å²) in [5, 5.41) is 13.5. The Bertz CT molecular complexity index is 650. The molecule has 0 aliphatic heterocycles. The summed E-state index contributed by atoms with van der Waals surface area (Å²) >= 11 is 3.18. The van der Waals surface area contributed by atoms with Gasteiger partial charge in [0.15, 0.2) is 0 Å². The van der Waals surface area contributed by atoms with Gasteiger partial charge >= 0.3 is 5.69 Å². The number of hydrogen-bond acceptors (Lipinski definition) is 3. The Morgan fingerprint density at radius 1 is 1.16 bits per heavy atom. The number of hydrogen-bond donors (Lipinski definition) is 1. The zero-order valence-electron chi connectivity index (χ0n) is 9.36. The van der Waals surface area contributed by atoms with Gasteiger partial charge in [-0.3, -0.25) is 10.1 Å². The predicted molar refractivity (Wildman–Crippen MR) is 70.4 cm³/mol. The molecule has 0 aliphatic rings. The molecule has 0 atom stereocenters. The molecule has 0 radical (unpaired) electrons. The number of para-hydroxylation sites is 1. The summed E-state index contributed by atoms with van der Waals surface area (Å²) < 4.78 is 27.0. The van der Waals surface area contributed by atoms with Gasteiger partial charge in [-0.15, -0.1) is 0 Å². The Kier molecular flexibility index (Phi) is 3.75. The molecule has 0 saturated heterocycles. The molecule has 1 N–H and O–H groups in total. The van der Waals surface area contributed by atoms with Gasteiger partial charge in [0.2, 0.25) is 5.82 Å². The van der Waals surface area contributed by atoms with Gasteiger partial charge in [-0.2, -0.15) is 4.39 Å². The standard InChI is InChI=1S/C12H7BrF2N2O2/c13-8-5-4-7(14)6-11(8)16-10-3-1-2-9(15)12(10)17(18)19/h1-6,16H. The van der Waals surface area contributed by atoms with Crippen molar-refractivity contribution in [3.63, 3.8) is 0 Å². The second-order valence-corrected chi connectivity index (χ2v) is 4.50. The number of nitro groups is 1. The molecule has 0 saturated carbocycles. The molecule has 0 bridgehead atoms. The Morgan fingerprint density at radius 2 is 1.89 bits per heavy atom. The third-order valence-electron chi connectivity index (χ3n) is 2.37. The van der Waals surface area contributed by atoms with Gasteiger partial charge in [0.1, 0.15) is 11.5 Å². The van der Waals surface area contributed by atoms with E-state index in [1.807, 2.05) is 0 Å². The van der Waals surface area contributed by atoms with Crippen molar-refractivity contribution in [3.05, 3.63) is 62.6 Å². The molecule has 0 fully saturated rings. The van der Waals surface area contributed by atoms with Crippen molar-refractivity contribution in [1.82, 2.24) is 0 Å². The Morgan fingerprint density at radius 3 is 2.58 bits per heavy atom. The molecule has 0 unspecified atom stereocenters. The first-order valence-corrected chi connectivity index (χ1v) is 5.93. The third kappa shape index (κ3) is 2.87. The highest BCUT2D eigenvalue weighted by Crippen LogP contribution is 2.33. The lowest BCUT2D eigenvalue weighted by Crippen LogP contribution is -2.00. The van der Waals surface area contributed by atoms with Crippen LogP contribution in [0, 0.1) is 21.7 Å². The molecule has 2 aromatic rings. The third-order valence-corrected chi connectivity index (χ3v) is 3.06. The van der Waals surface area contributed by atoms with Crippen molar-refractivity contribution < 1.29 is 13.7 Å². The Hall–Kier alpha value is -2.02. The number of rotatable bonds is 3. The topological polar surface area (TPSA) is 55.2 Å². The Balaban J connectivity index is 2.46. The van der Waals surface area contributed by atoms with Gasteiger partial charge in [-0.05, 0) is 46.3 Å². The number of anilines is 2. The van der Waals surface area contributed by atoms with Crippen LogP contribution in [0.25, 0.3) is 0 Å². The maximum absolute atomic E-state index is 13.4. The molecule has 7 heteroatoms. The van der Waals surface area contributed by atoms with Crippen molar-refractivity contribution in [2.45, 2.75) is 0 Å². The largest absolute Gasteiger partial charge is 0.349 e. The lowest BCUT2D eigenvalue weighted by molar-refractivity contribution is -0.386. The second kappa shape index (κ2) is 5.31. The summed E-state index contributed by atoms with van der Waals surface area (Å²) in [5.41, 5.74) is -0.455. The zero-order chi connectivity index (χ0) is 14.0. The van der Waals surface area contributed by atoms with E-state index in [2.05, 4.69) is 21.2 Å². The van der Waals surface area contributed by atoms with Crippen LogP contribution in [0.2, 0.25) is 0 Å². The highest BCUT2D eigenvalue weighted by Gasteiger charge is 2.20. The molecule has 0 amide bonds. The van der Waals surface area contributed by atoms with Crippen LogP contribution in [0.1, 0.15) is 0 Å². The van der Waals surface area contributed by atoms with Crippen molar-refractivity contribution in [2.75, 3.05) is 5.32 Å². The lowest BCUT2D eigenvalue weighted by Gasteiger charge is -2.09. The average molecular weight is 329 g/mol. The van der Waals surface area contributed by atoms with E-state index in [1.165, 1.54) is 24.3 Å². The number of nitrogens with one attached hydrogen (secondary N) is 1. The minimum atomic E-state index is -0.956. The quantitative estimate of drug-likeness (QED) is 0.672. The van der Waals surface area contributed by atoms with E-state index in [0.29, 0.717) is 4.47 Å². The van der Waals surface area contributed by atoms with Gasteiger partial charge in [-0.25, -0.2) is 4.39 Å². The first-order valence-electron chi connectivity index (χ1n) is 5.14. The lowest BCUT2D eigenvalue weighted by atomic mass is 10.2. The van der Waals surface area contributed by atoms with E-state index in [0.717, 1.165) is 12.1 Å². The van der Waals surface area contributed by atoms with Crippen LogP contribution >= 0.6 is 15.9 Å². The van der Waals surface area contributed by atoms with Crippen molar-refractivity contribution >= 4 is 33.0 Å². The summed E-state index contributed by atoms with van der Waals surface area (Å²) in [7, 11) is 0. The van der Waals surface area contributed by atoms with Crippen LogP contribution in [0.15, 0.2) is 40.9 Å². The van der Waals surface area contributed by atoms with Gasteiger partial charge in [0.05, 0.1) is 10.6 Å². The second-order valence-electron chi connectivity index (χ2n) is 3.64. The SMILES string of the molecule is O=[N+]([O-])c1c(F)cccc1Nc1cc(F)ccc1Br. The normalized spacial score (nSPS) is 10.3. The molecule has 0 spiro atoms. The molecule has 19 heavy (non-hydrogen) atoms. The predicted octanol–water partition coefficient (Wildman–Crippen LogP) is 4.38. The van der Waals surface area contributed by atoms with Gasteiger partial charge in [0, 0.05) is 4.47 Å². The van der Waals surface area contributed by atoms with Crippen LogP contribution < -0.4 is 5.32 Å². The first kappa shape index (κ1) is 13.4. The number of benzene rings is 2. The van der Waals surface area contributed by atoms with Gasteiger partial charge < -0.3 is 5.32 Å². The molecule has 2 aromatic carbocycles. The fourth-order valence-electron chi connectivity index (χ4n) is 1.54. The van der Waals surface area contributed by atoms with Crippen LogP contribution in [0.3, 0.4) is 0 Å². The van der Waals surface area contributed by atoms with Crippen LogP contribution in [0.5, 0.6) is 0 Å². The minimum absolute atomic E-state index is 0.0451. The van der Waals surface area contributed by atoms with E-state index in [4.69, 9.17) is 0 Å². The molecule has 0 heterocycles. The summed E-state index contributed by atoms with van der Waals surface area (Å²) in [6.45, 7) is 0. The van der Waals surface area contributed by atoms with Crippen LogP contribution in [-0.4, -0.2) is 4.92 Å². The van der Waals surface area contributed by atoms with Crippen molar-refractivity contribution in [1.29, 1.82) is 0 Å². The molecule has 0 aromatic heterocycles. The van der Waals surface area contributed by atoms with Crippen LogP contribution in [-0.2, 0) is 0 Å². The fourth-order valence-corrected chi connectivity index (χ4v) is 1.89. The molecule has 0 aliphatic carbocycles. The summed E-state index contributed by atoms with van der Waals surface area (Å²) in [6, 6.07) is 7.50. The first-order chi connectivity index (χ1) is 8.99. The summed E-state index contributed by atoms with van der Waals surface area (Å²) in [5.74, 6) is -1.47. The van der Waals surface area contributed by atoms with Gasteiger partial charge in [0.25, 0.3) is 0 Å². The van der Waals surface area contributed by atoms with Gasteiger partial charge in [-0.1, -0.05) is 6.07 Å². The summed E-state index contributed by atoms with van der Waals surface area (Å²) in [6.07, 6.45) is 0. The smallest absolute Gasteiger partial charge is 0.327 e. The van der Waals surface area contributed by atoms with Crippen molar-refractivity contribution in [2.24, 2.45) is 0 Å². The number of nitrogens with zero attached hydrogens (tertiary/aromatic N) is 1. The van der Waals surface area contributed by atoms with E-state index in [1.54, 1.807) is 0 Å². The maximum Gasteiger partial charge on any atom is 0.327 e. The zero-order valence-corrected chi connectivity index (χ0v) is 10.9. The van der Waals surface area contributed by atoms with Crippen LogP contribution in [0.4, 0.5) is 25.8 Å². The maximum atomic E-state index is 13.4. The van der Waals surface area contributed by atoms with E-state index >= 15 is 0 Å². The van der Waals surface area contributed by atoms with E-state index in [-0.39, 0.29) is 11.4 Å². The Labute approximate surface area is 115 Å². The summed E-state index contributed by atoms with van der Waals surface area (Å²) in [4.78, 5) is 10.00. The average Bonchev–Trinajstić information content (AvgIpc) is 2.33. The molecule has 98 valence electrons. The molecular weight excluding hydrogens is 322 g/mol. The highest BCUT2D eigenvalue weighted by atomic mass is 79.9. The highest BCUT2D eigenvalue weighted by molar-refractivity contribution is 9.10. The minimum Gasteiger partial charge on any atom is -0.349 e. The molecular formula is C12H7BrF2N2O2. The van der Waals surface area contributed by atoms with E-state index in [9.17, 15) is 18.9 Å². The fraction of sp³-hybridized carbons (Fsp3) is 0. The molecule has 4 nitrogen and oxygen atoms in total. The number of nitro benzene ring substituents is 1. The monoisotopic (exact) mass is 328 g/mol. The number of halogens is 3. The molecule has 2 rings (SSSR count). The van der Waals surface area contributed by atoms with Crippen molar-refractivity contribution in [3.8, 4) is 0 Å².